The lowest BCUT2D eigenvalue weighted by atomic mass is 9.95. The number of ether oxygens (including phenoxy) is 1. The van der Waals surface area contributed by atoms with E-state index in [-0.39, 0.29) is 12.5 Å². The Morgan fingerprint density at radius 2 is 1.83 bits per heavy atom. The maximum Gasteiger partial charge on any atom is 0.435 e. The monoisotopic (exact) mass is 480 g/mol. The average Bonchev–Trinajstić information content (AvgIpc) is 3.41. The van der Waals surface area contributed by atoms with Crippen LogP contribution in [-0.4, -0.2) is 43.2 Å². The van der Waals surface area contributed by atoms with Gasteiger partial charge in [-0.25, -0.2) is 4.79 Å². The number of carbonyl (C=O) groups excluding carboxylic acids is 3. The van der Waals surface area contributed by atoms with Crippen LogP contribution >= 0.6 is 0 Å². The van der Waals surface area contributed by atoms with E-state index < -0.39 is 17.6 Å². The molecule has 8 nitrogen and oxygen atoms in total. The molecule has 4 aromatic rings. The van der Waals surface area contributed by atoms with Crippen molar-refractivity contribution in [3.63, 3.8) is 0 Å². The number of imide groups is 1. The van der Waals surface area contributed by atoms with Gasteiger partial charge in [-0.05, 0) is 73.9 Å². The zero-order valence-electron chi connectivity index (χ0n) is 20.2. The number of fused-ring (bicyclic) bond motifs is 2. The third kappa shape index (κ3) is 3.96. The van der Waals surface area contributed by atoms with Crippen LogP contribution in [-0.2, 0) is 16.1 Å². The molecule has 36 heavy (non-hydrogen) atoms. The van der Waals surface area contributed by atoms with Gasteiger partial charge in [-0.1, -0.05) is 24.8 Å². The maximum atomic E-state index is 13.0. The molecule has 0 saturated carbocycles. The molecule has 0 aliphatic carbocycles. The Hall–Kier alpha value is -4.59. The topological polar surface area (TPSA) is 94.4 Å². The average molecular weight is 481 g/mol. The van der Waals surface area contributed by atoms with Crippen molar-refractivity contribution in [2.75, 3.05) is 0 Å². The summed E-state index contributed by atoms with van der Waals surface area (Å²) in [7, 11) is 0. The third-order valence-corrected chi connectivity index (χ3v) is 5.90. The highest BCUT2D eigenvalue weighted by atomic mass is 16.6. The summed E-state index contributed by atoms with van der Waals surface area (Å²) in [6.45, 7) is 9.07. The highest BCUT2D eigenvalue weighted by Gasteiger charge is 2.33. The molecule has 0 saturated heterocycles. The summed E-state index contributed by atoms with van der Waals surface area (Å²) in [5.41, 5.74) is 4.13. The highest BCUT2D eigenvalue weighted by Crippen LogP contribution is 2.36. The first-order chi connectivity index (χ1) is 17.2. The summed E-state index contributed by atoms with van der Waals surface area (Å²) in [5.74, 6) is -0.776. The number of rotatable bonds is 3. The van der Waals surface area contributed by atoms with E-state index in [0.717, 1.165) is 33.7 Å². The molecule has 1 aliphatic heterocycles. The van der Waals surface area contributed by atoms with Crippen LogP contribution in [0.3, 0.4) is 0 Å². The molecule has 0 spiro atoms. The molecule has 0 atom stereocenters. The number of benzene rings is 2. The summed E-state index contributed by atoms with van der Waals surface area (Å²) in [6.07, 6.45) is 3.91. The van der Waals surface area contributed by atoms with Crippen molar-refractivity contribution in [3.8, 4) is 22.4 Å². The van der Waals surface area contributed by atoms with Crippen LogP contribution in [0.5, 0.6) is 0 Å². The standard InChI is InChI=1S/C28H24N4O4/c1-5-24(33)31-16-22-19(9-6-10-20(22)26(31)34)17-11-12-23-21(14-17)25(18-8-7-13-29-15-18)30-32(23)27(35)36-28(2,3)4/h5-15H,1,16H2,2-4H3. The lowest BCUT2D eigenvalue weighted by Gasteiger charge is -2.19. The quantitative estimate of drug-likeness (QED) is 0.373. The van der Waals surface area contributed by atoms with Gasteiger partial charge in [-0.15, -0.1) is 0 Å². The Morgan fingerprint density at radius 1 is 1.06 bits per heavy atom. The van der Waals surface area contributed by atoms with Crippen LogP contribution in [0.2, 0.25) is 0 Å². The second-order valence-electron chi connectivity index (χ2n) is 9.48. The molecular formula is C28H24N4O4. The Balaban J connectivity index is 1.67. The van der Waals surface area contributed by atoms with E-state index in [1.165, 1.54) is 9.58 Å². The molecule has 8 heteroatoms. The van der Waals surface area contributed by atoms with E-state index >= 15 is 0 Å². The predicted molar refractivity (Wildman–Crippen MR) is 135 cm³/mol. The molecule has 3 heterocycles. The fourth-order valence-electron chi connectivity index (χ4n) is 4.34. The molecule has 2 aromatic heterocycles. The summed E-state index contributed by atoms with van der Waals surface area (Å²) in [5, 5.41) is 5.32. The van der Waals surface area contributed by atoms with E-state index in [9.17, 15) is 14.4 Å². The summed E-state index contributed by atoms with van der Waals surface area (Å²) >= 11 is 0. The first-order valence-corrected chi connectivity index (χ1v) is 11.4. The number of amides is 2. The van der Waals surface area contributed by atoms with Crippen molar-refractivity contribution in [1.29, 1.82) is 0 Å². The van der Waals surface area contributed by atoms with Crippen LogP contribution in [0.1, 0.15) is 36.7 Å². The van der Waals surface area contributed by atoms with E-state index in [1.807, 2.05) is 30.3 Å². The van der Waals surface area contributed by atoms with Crippen molar-refractivity contribution in [2.24, 2.45) is 0 Å². The second-order valence-corrected chi connectivity index (χ2v) is 9.48. The normalized spacial score (nSPS) is 13.1. The molecule has 1 aliphatic rings. The maximum absolute atomic E-state index is 13.0. The predicted octanol–water partition coefficient (Wildman–Crippen LogP) is 5.22. The largest absolute Gasteiger partial charge is 0.442 e. The molecule has 0 radical (unpaired) electrons. The molecule has 2 amide bonds. The lowest BCUT2D eigenvalue weighted by molar-refractivity contribution is -0.123. The van der Waals surface area contributed by atoms with Crippen LogP contribution in [0.15, 0.2) is 73.6 Å². The first-order valence-electron chi connectivity index (χ1n) is 11.4. The Morgan fingerprint density at radius 3 is 2.53 bits per heavy atom. The van der Waals surface area contributed by atoms with E-state index in [4.69, 9.17) is 4.74 Å². The SMILES string of the molecule is C=CC(=O)N1Cc2c(cccc2-c2ccc3c(c2)c(-c2cccnc2)nn3C(=O)OC(C)(C)C)C1=O. The zero-order valence-corrected chi connectivity index (χ0v) is 20.2. The van der Waals surface area contributed by atoms with Gasteiger partial charge in [0.25, 0.3) is 11.8 Å². The third-order valence-electron chi connectivity index (χ3n) is 5.90. The first kappa shape index (κ1) is 23.2. The van der Waals surface area contributed by atoms with Crippen LogP contribution in [0, 0.1) is 0 Å². The fourth-order valence-corrected chi connectivity index (χ4v) is 4.34. The van der Waals surface area contributed by atoms with E-state index in [2.05, 4.69) is 16.7 Å². The van der Waals surface area contributed by atoms with Crippen LogP contribution in [0.4, 0.5) is 4.79 Å². The van der Waals surface area contributed by atoms with Gasteiger partial charge in [-0.2, -0.15) is 9.78 Å². The van der Waals surface area contributed by atoms with Crippen molar-refractivity contribution >= 4 is 28.8 Å². The van der Waals surface area contributed by atoms with Gasteiger partial charge in [0.15, 0.2) is 0 Å². The van der Waals surface area contributed by atoms with E-state index in [0.29, 0.717) is 16.8 Å². The number of hydrogen-bond acceptors (Lipinski definition) is 6. The molecule has 0 N–H and O–H groups in total. The minimum absolute atomic E-state index is 0.167. The van der Waals surface area contributed by atoms with Gasteiger partial charge in [0, 0.05) is 28.9 Å². The van der Waals surface area contributed by atoms with Crippen molar-refractivity contribution in [2.45, 2.75) is 32.9 Å². The molecule has 0 bridgehead atoms. The minimum atomic E-state index is -0.685. The number of nitrogens with zero attached hydrogens (tertiary/aromatic N) is 4. The van der Waals surface area contributed by atoms with Crippen molar-refractivity contribution in [3.05, 3.63) is 84.7 Å². The number of pyridine rings is 1. The summed E-state index contributed by atoms with van der Waals surface area (Å²) < 4.78 is 6.84. The highest BCUT2D eigenvalue weighted by molar-refractivity contribution is 6.11. The number of aromatic nitrogens is 3. The summed E-state index contributed by atoms with van der Waals surface area (Å²) in [6, 6.07) is 14.7. The number of hydrogen-bond donors (Lipinski definition) is 0. The van der Waals surface area contributed by atoms with Gasteiger partial charge in [0.05, 0.1) is 12.1 Å². The minimum Gasteiger partial charge on any atom is -0.442 e. The van der Waals surface area contributed by atoms with Crippen molar-refractivity contribution < 1.29 is 19.1 Å². The van der Waals surface area contributed by atoms with E-state index in [1.54, 1.807) is 51.4 Å². The van der Waals surface area contributed by atoms with Crippen molar-refractivity contribution in [1.82, 2.24) is 19.7 Å². The van der Waals surface area contributed by atoms with Gasteiger partial charge >= 0.3 is 6.09 Å². The van der Waals surface area contributed by atoms with Gasteiger partial charge < -0.3 is 4.74 Å². The smallest absolute Gasteiger partial charge is 0.435 e. The molecular weight excluding hydrogens is 456 g/mol. The Labute approximate surface area is 207 Å². The fraction of sp³-hybridized carbons (Fsp3) is 0.179. The second kappa shape index (κ2) is 8.57. The van der Waals surface area contributed by atoms with Crippen LogP contribution < -0.4 is 0 Å². The summed E-state index contributed by atoms with van der Waals surface area (Å²) in [4.78, 5) is 43.4. The lowest BCUT2D eigenvalue weighted by Crippen LogP contribution is -2.29. The zero-order chi connectivity index (χ0) is 25.6. The van der Waals surface area contributed by atoms with Gasteiger partial charge in [-0.3, -0.25) is 19.5 Å². The van der Waals surface area contributed by atoms with Gasteiger partial charge in [0.1, 0.15) is 11.3 Å². The molecule has 2 aromatic carbocycles. The molecule has 5 rings (SSSR count). The number of carbonyl (C=O) groups is 3. The van der Waals surface area contributed by atoms with Gasteiger partial charge in [0.2, 0.25) is 0 Å². The Kier molecular flexibility index (Phi) is 5.51. The molecule has 180 valence electrons. The molecule has 0 fully saturated rings. The molecule has 0 unspecified atom stereocenters. The Bertz CT molecular complexity index is 1550. The van der Waals surface area contributed by atoms with Crippen LogP contribution in [0.25, 0.3) is 33.3 Å².